The fourth-order valence-electron chi connectivity index (χ4n) is 6.95. The Labute approximate surface area is 295 Å². The summed E-state index contributed by atoms with van der Waals surface area (Å²) in [6.45, 7) is 6.81. The largest absolute Gasteiger partial charge is 0.455 e. The Hall–Kier alpha value is -5.84. The Morgan fingerprint density at radius 3 is 2.22 bits per heavy atom. The molecule has 9 rings (SSSR count). The first-order valence-electron chi connectivity index (χ1n) is 17.0. The molecule has 4 heteroatoms. The molecule has 2 aromatic heterocycles. The van der Waals surface area contributed by atoms with Gasteiger partial charge in [-0.25, -0.2) is 4.98 Å². The number of aromatic nitrogens is 1. The molecule has 0 bridgehead atoms. The van der Waals surface area contributed by atoms with Gasteiger partial charge in [0.15, 0.2) is 0 Å². The van der Waals surface area contributed by atoms with Crippen molar-refractivity contribution in [2.45, 2.75) is 26.2 Å². The van der Waals surface area contributed by atoms with Gasteiger partial charge in [-0.05, 0) is 69.3 Å². The van der Waals surface area contributed by atoms with Gasteiger partial charge in [-0.15, -0.1) is 11.3 Å². The summed E-state index contributed by atoms with van der Waals surface area (Å²) in [7, 11) is 0. The number of para-hydroxylation sites is 2. The zero-order chi connectivity index (χ0) is 33.8. The lowest BCUT2D eigenvalue weighted by Crippen LogP contribution is -2.11. The van der Waals surface area contributed by atoms with Crippen molar-refractivity contribution in [2.24, 2.45) is 4.99 Å². The highest BCUT2D eigenvalue weighted by atomic mass is 32.1. The van der Waals surface area contributed by atoms with E-state index in [1.54, 1.807) is 11.3 Å². The number of thiazole rings is 1. The van der Waals surface area contributed by atoms with Crippen LogP contribution in [0.2, 0.25) is 0 Å². The molecule has 2 heterocycles. The van der Waals surface area contributed by atoms with Crippen molar-refractivity contribution >= 4 is 66.2 Å². The highest BCUT2D eigenvalue weighted by molar-refractivity contribution is 7.21. The number of hydrogen-bond donors (Lipinski definition) is 0. The van der Waals surface area contributed by atoms with E-state index < -0.39 is 0 Å². The summed E-state index contributed by atoms with van der Waals surface area (Å²) >= 11 is 1.72. The Morgan fingerprint density at radius 1 is 0.640 bits per heavy atom. The van der Waals surface area contributed by atoms with Gasteiger partial charge < -0.3 is 4.42 Å². The number of fused-ring (bicyclic) bond motifs is 5. The van der Waals surface area contributed by atoms with Gasteiger partial charge in [0.1, 0.15) is 16.2 Å². The van der Waals surface area contributed by atoms with Gasteiger partial charge in [-0.2, -0.15) is 0 Å². The summed E-state index contributed by atoms with van der Waals surface area (Å²) in [5.41, 5.74) is 11.4. The van der Waals surface area contributed by atoms with Crippen LogP contribution in [-0.4, -0.2) is 11.2 Å². The van der Waals surface area contributed by atoms with E-state index >= 15 is 0 Å². The van der Waals surface area contributed by atoms with Gasteiger partial charge >= 0.3 is 0 Å². The first-order valence-corrected chi connectivity index (χ1v) is 17.8. The molecule has 3 nitrogen and oxygen atoms in total. The third-order valence-corrected chi connectivity index (χ3v) is 10.6. The lowest BCUT2D eigenvalue weighted by atomic mass is 9.84. The quantitative estimate of drug-likeness (QED) is 0.172. The molecule has 0 aliphatic rings. The fourth-order valence-corrected chi connectivity index (χ4v) is 8.02. The Balaban J connectivity index is 1.25. The van der Waals surface area contributed by atoms with Crippen molar-refractivity contribution in [3.05, 3.63) is 157 Å². The van der Waals surface area contributed by atoms with Crippen LogP contribution in [0.1, 0.15) is 31.9 Å². The predicted molar refractivity (Wildman–Crippen MR) is 213 cm³/mol. The number of rotatable bonds is 5. The third-order valence-electron chi connectivity index (χ3n) is 9.56. The summed E-state index contributed by atoms with van der Waals surface area (Å²) in [5.74, 6) is 0. The Morgan fingerprint density at radius 2 is 1.36 bits per heavy atom. The van der Waals surface area contributed by atoms with Crippen molar-refractivity contribution in [1.82, 2.24) is 4.98 Å². The van der Waals surface area contributed by atoms with Gasteiger partial charge in [0.2, 0.25) is 0 Å². The Bertz CT molecular complexity index is 2740. The molecule has 0 saturated carbocycles. The van der Waals surface area contributed by atoms with Crippen LogP contribution in [0.5, 0.6) is 0 Å². The van der Waals surface area contributed by atoms with Crippen LogP contribution in [-0.2, 0) is 5.41 Å². The molecule has 0 amide bonds. The van der Waals surface area contributed by atoms with Crippen LogP contribution in [0.4, 0.5) is 5.69 Å². The lowest BCUT2D eigenvalue weighted by Gasteiger charge is -2.20. The standard InChI is InChI=1S/C46H34N2OS/c1-46(2,3)32-26-38(35-25-24-34(30-14-5-4-6-15-30)42-37-21-10-12-23-40(37)49-44(35)42)43-41(27-32)50-45(48-43)36-20-9-11-22-39(36)47-28-31-18-13-17-29-16-7-8-19-33(29)31/h4-28H,1-3H3. The summed E-state index contributed by atoms with van der Waals surface area (Å²) in [6, 6.07) is 51.1. The van der Waals surface area contributed by atoms with Crippen LogP contribution in [0, 0.1) is 0 Å². The van der Waals surface area contributed by atoms with E-state index in [2.05, 4.69) is 154 Å². The van der Waals surface area contributed by atoms with Gasteiger partial charge in [0.25, 0.3) is 0 Å². The summed E-state index contributed by atoms with van der Waals surface area (Å²) in [4.78, 5) is 10.4. The molecule has 240 valence electrons. The summed E-state index contributed by atoms with van der Waals surface area (Å²) in [6.07, 6.45) is 1.98. The van der Waals surface area contributed by atoms with Crippen LogP contribution >= 0.6 is 11.3 Å². The molecule has 7 aromatic carbocycles. The minimum absolute atomic E-state index is 0.0648. The molecular weight excluding hydrogens is 629 g/mol. The van der Waals surface area contributed by atoms with Gasteiger partial charge in [-0.1, -0.05) is 130 Å². The molecule has 0 radical (unpaired) electrons. The molecule has 0 atom stereocenters. The van der Waals surface area contributed by atoms with E-state index in [-0.39, 0.29) is 5.41 Å². The van der Waals surface area contributed by atoms with Crippen LogP contribution in [0.25, 0.3) is 75.8 Å². The third kappa shape index (κ3) is 5.20. The van der Waals surface area contributed by atoms with E-state index in [0.717, 1.165) is 70.7 Å². The highest BCUT2D eigenvalue weighted by Gasteiger charge is 2.24. The SMILES string of the molecule is CC(C)(C)c1cc(-c2ccc(-c3ccccc3)c3c2oc2ccccc23)c2nc(-c3ccccc3N=Cc3cccc4ccccc34)sc2c1. The average Bonchev–Trinajstić information content (AvgIpc) is 3.76. The lowest BCUT2D eigenvalue weighted by molar-refractivity contribution is 0.591. The average molecular weight is 663 g/mol. The van der Waals surface area contributed by atoms with Crippen molar-refractivity contribution in [3.8, 4) is 32.8 Å². The second-order valence-electron chi connectivity index (χ2n) is 13.8. The second-order valence-corrected chi connectivity index (χ2v) is 14.8. The minimum atomic E-state index is -0.0648. The first kappa shape index (κ1) is 30.2. The van der Waals surface area contributed by atoms with Crippen LogP contribution in [0.3, 0.4) is 0 Å². The summed E-state index contributed by atoms with van der Waals surface area (Å²) < 4.78 is 7.89. The maximum atomic E-state index is 6.75. The zero-order valence-electron chi connectivity index (χ0n) is 28.1. The molecule has 0 unspecified atom stereocenters. The molecule has 0 aliphatic carbocycles. The van der Waals surface area contributed by atoms with Crippen LogP contribution in [0.15, 0.2) is 155 Å². The maximum absolute atomic E-state index is 6.75. The molecule has 0 saturated heterocycles. The van der Waals surface area contributed by atoms with Gasteiger partial charge in [-0.3, -0.25) is 4.99 Å². The van der Waals surface area contributed by atoms with Crippen molar-refractivity contribution in [3.63, 3.8) is 0 Å². The molecule has 0 spiro atoms. The van der Waals surface area contributed by atoms with E-state index in [4.69, 9.17) is 14.4 Å². The second kappa shape index (κ2) is 11.9. The number of benzene rings is 7. The normalized spacial score (nSPS) is 12.2. The molecular formula is C46H34N2OS. The smallest absolute Gasteiger partial charge is 0.143 e. The molecule has 0 aliphatic heterocycles. The Kier molecular flexibility index (Phi) is 7.22. The number of aliphatic imine (C=N–C) groups is 1. The fraction of sp³-hybridized carbons (Fsp3) is 0.0870. The number of furan rings is 1. The zero-order valence-corrected chi connectivity index (χ0v) is 29.0. The number of hydrogen-bond acceptors (Lipinski definition) is 4. The molecule has 0 N–H and O–H groups in total. The number of nitrogens with zero attached hydrogens (tertiary/aromatic N) is 2. The van der Waals surface area contributed by atoms with Crippen LogP contribution < -0.4 is 0 Å². The topological polar surface area (TPSA) is 38.4 Å². The molecule has 9 aromatic rings. The minimum Gasteiger partial charge on any atom is -0.455 e. The van der Waals surface area contributed by atoms with E-state index in [1.165, 1.54) is 21.9 Å². The molecule has 50 heavy (non-hydrogen) atoms. The maximum Gasteiger partial charge on any atom is 0.143 e. The predicted octanol–water partition coefficient (Wildman–Crippen LogP) is 13.4. The van der Waals surface area contributed by atoms with E-state index in [1.807, 2.05) is 18.3 Å². The van der Waals surface area contributed by atoms with Crippen molar-refractivity contribution < 1.29 is 4.42 Å². The van der Waals surface area contributed by atoms with E-state index in [9.17, 15) is 0 Å². The van der Waals surface area contributed by atoms with Crippen molar-refractivity contribution in [1.29, 1.82) is 0 Å². The molecule has 0 fully saturated rings. The van der Waals surface area contributed by atoms with E-state index in [0.29, 0.717) is 0 Å². The van der Waals surface area contributed by atoms with Gasteiger partial charge in [0, 0.05) is 39.2 Å². The highest BCUT2D eigenvalue weighted by Crippen LogP contribution is 2.46. The summed E-state index contributed by atoms with van der Waals surface area (Å²) in [5, 5.41) is 5.57. The first-order chi connectivity index (χ1) is 24.4. The van der Waals surface area contributed by atoms with Crippen molar-refractivity contribution in [2.75, 3.05) is 0 Å². The van der Waals surface area contributed by atoms with Gasteiger partial charge in [0.05, 0.1) is 15.9 Å². The monoisotopic (exact) mass is 662 g/mol.